The number of hydrogen-bond donors (Lipinski definition) is 1. The van der Waals surface area contributed by atoms with E-state index < -0.39 is 0 Å². The monoisotopic (exact) mass is 322 g/mol. The second kappa shape index (κ2) is 6.16. The van der Waals surface area contributed by atoms with Crippen LogP contribution in [0.3, 0.4) is 0 Å². The summed E-state index contributed by atoms with van der Waals surface area (Å²) in [7, 11) is 3.46. The molecule has 122 valence electrons. The van der Waals surface area contributed by atoms with Crippen LogP contribution in [0.1, 0.15) is 21.5 Å². The largest absolute Gasteiger partial charge is 0.328 e. The Labute approximate surface area is 139 Å². The molecule has 0 saturated carbocycles. The highest BCUT2D eigenvalue weighted by molar-refractivity contribution is 5.95. The molecule has 0 bridgehead atoms. The standard InChI is InChI=1S/C18H18N4O2/c1-12-4-7-14(8-5-12)17(23)20-19-11-13-6-9-15-16(10-13)22(3)18(24)21(15)2/h4-11H,1-3H3,(H,20,23). The molecule has 1 N–H and O–H groups in total. The number of rotatable bonds is 3. The van der Waals surface area contributed by atoms with Crippen LogP contribution in [0, 0.1) is 6.92 Å². The summed E-state index contributed by atoms with van der Waals surface area (Å²) in [6, 6.07) is 12.8. The van der Waals surface area contributed by atoms with Crippen LogP contribution >= 0.6 is 0 Å². The molecule has 1 amide bonds. The number of hydrazone groups is 1. The van der Waals surface area contributed by atoms with E-state index in [2.05, 4.69) is 10.5 Å². The minimum atomic E-state index is -0.264. The summed E-state index contributed by atoms with van der Waals surface area (Å²) in [5.74, 6) is -0.264. The highest BCUT2D eigenvalue weighted by Gasteiger charge is 2.07. The van der Waals surface area contributed by atoms with E-state index in [1.807, 2.05) is 37.3 Å². The van der Waals surface area contributed by atoms with Crippen LogP contribution < -0.4 is 11.1 Å². The maximum atomic E-state index is 12.0. The van der Waals surface area contributed by atoms with Crippen LogP contribution in [0.4, 0.5) is 0 Å². The fourth-order valence-corrected chi connectivity index (χ4v) is 2.54. The first-order valence-corrected chi connectivity index (χ1v) is 7.53. The number of imidazole rings is 1. The summed E-state index contributed by atoms with van der Waals surface area (Å²) in [6.07, 6.45) is 1.56. The van der Waals surface area contributed by atoms with Gasteiger partial charge in [0.2, 0.25) is 0 Å². The van der Waals surface area contributed by atoms with E-state index in [0.717, 1.165) is 22.2 Å². The van der Waals surface area contributed by atoms with Crippen LogP contribution in [0.5, 0.6) is 0 Å². The van der Waals surface area contributed by atoms with Gasteiger partial charge in [-0.15, -0.1) is 0 Å². The molecule has 0 aliphatic heterocycles. The molecular formula is C18H18N4O2. The number of aromatic nitrogens is 2. The van der Waals surface area contributed by atoms with Crippen LogP contribution in [-0.2, 0) is 14.1 Å². The third-order valence-corrected chi connectivity index (χ3v) is 3.99. The molecule has 0 fully saturated rings. The molecule has 0 saturated heterocycles. The van der Waals surface area contributed by atoms with Gasteiger partial charge in [-0.25, -0.2) is 10.2 Å². The number of nitrogens with one attached hydrogen (secondary N) is 1. The molecule has 3 rings (SSSR count). The molecule has 6 nitrogen and oxygen atoms in total. The first-order valence-electron chi connectivity index (χ1n) is 7.53. The van der Waals surface area contributed by atoms with E-state index in [9.17, 15) is 9.59 Å². The summed E-state index contributed by atoms with van der Waals surface area (Å²) >= 11 is 0. The fourth-order valence-electron chi connectivity index (χ4n) is 2.54. The van der Waals surface area contributed by atoms with Crippen molar-refractivity contribution in [3.05, 3.63) is 69.6 Å². The number of aryl methyl sites for hydroxylation is 3. The second-order valence-electron chi connectivity index (χ2n) is 5.71. The predicted molar refractivity (Wildman–Crippen MR) is 94.4 cm³/mol. The molecule has 1 aromatic heterocycles. The van der Waals surface area contributed by atoms with Gasteiger partial charge in [0.25, 0.3) is 5.91 Å². The Morgan fingerprint density at radius 3 is 2.42 bits per heavy atom. The van der Waals surface area contributed by atoms with Gasteiger partial charge in [0.15, 0.2) is 0 Å². The van der Waals surface area contributed by atoms with Gasteiger partial charge in [0.1, 0.15) is 0 Å². The van der Waals surface area contributed by atoms with Crippen LogP contribution in [0.2, 0.25) is 0 Å². The van der Waals surface area contributed by atoms with Crippen molar-refractivity contribution in [2.45, 2.75) is 6.92 Å². The van der Waals surface area contributed by atoms with Gasteiger partial charge >= 0.3 is 5.69 Å². The molecule has 0 radical (unpaired) electrons. The summed E-state index contributed by atoms with van der Waals surface area (Å²) < 4.78 is 3.17. The van der Waals surface area contributed by atoms with Crippen molar-refractivity contribution in [1.29, 1.82) is 0 Å². The Morgan fingerprint density at radius 2 is 1.71 bits per heavy atom. The molecule has 24 heavy (non-hydrogen) atoms. The highest BCUT2D eigenvalue weighted by Crippen LogP contribution is 2.12. The molecular weight excluding hydrogens is 304 g/mol. The quantitative estimate of drug-likeness (QED) is 0.591. The second-order valence-corrected chi connectivity index (χ2v) is 5.71. The van der Waals surface area contributed by atoms with Crippen molar-refractivity contribution in [1.82, 2.24) is 14.6 Å². The zero-order valence-corrected chi connectivity index (χ0v) is 13.8. The maximum absolute atomic E-state index is 12.0. The van der Waals surface area contributed by atoms with Gasteiger partial charge in [0, 0.05) is 19.7 Å². The van der Waals surface area contributed by atoms with E-state index in [4.69, 9.17) is 0 Å². The summed E-state index contributed by atoms with van der Waals surface area (Å²) in [4.78, 5) is 23.9. The van der Waals surface area contributed by atoms with Gasteiger partial charge < -0.3 is 0 Å². The van der Waals surface area contributed by atoms with Crippen molar-refractivity contribution < 1.29 is 4.79 Å². The van der Waals surface area contributed by atoms with Crippen LogP contribution in [-0.4, -0.2) is 21.3 Å². The van der Waals surface area contributed by atoms with Gasteiger partial charge in [-0.3, -0.25) is 13.9 Å². The van der Waals surface area contributed by atoms with Crippen LogP contribution in [0.15, 0.2) is 52.4 Å². The zero-order valence-electron chi connectivity index (χ0n) is 13.8. The van der Waals surface area contributed by atoms with Gasteiger partial charge in [-0.05, 0) is 36.8 Å². The average Bonchev–Trinajstić information content (AvgIpc) is 2.80. The summed E-state index contributed by atoms with van der Waals surface area (Å²) in [6.45, 7) is 1.97. The third-order valence-electron chi connectivity index (χ3n) is 3.99. The lowest BCUT2D eigenvalue weighted by atomic mass is 10.1. The number of carbonyl (C=O) groups is 1. The van der Waals surface area contributed by atoms with Crippen molar-refractivity contribution in [2.75, 3.05) is 0 Å². The Morgan fingerprint density at radius 1 is 1.04 bits per heavy atom. The lowest BCUT2D eigenvalue weighted by Crippen LogP contribution is -2.19. The first-order chi connectivity index (χ1) is 11.5. The van der Waals surface area contributed by atoms with E-state index in [1.54, 1.807) is 41.6 Å². The molecule has 6 heteroatoms. The van der Waals surface area contributed by atoms with Gasteiger partial charge in [0.05, 0.1) is 17.2 Å². The molecule has 3 aromatic rings. The molecule has 0 aliphatic rings. The number of carbonyl (C=O) groups excluding carboxylic acids is 1. The Balaban J connectivity index is 1.78. The van der Waals surface area contributed by atoms with Gasteiger partial charge in [-0.2, -0.15) is 5.10 Å². The van der Waals surface area contributed by atoms with E-state index in [0.29, 0.717) is 5.56 Å². The normalized spacial score (nSPS) is 11.3. The smallest absolute Gasteiger partial charge is 0.295 e. The molecule has 0 atom stereocenters. The van der Waals surface area contributed by atoms with Gasteiger partial charge in [-0.1, -0.05) is 23.8 Å². The lowest BCUT2D eigenvalue weighted by Gasteiger charge is -2.01. The minimum absolute atomic E-state index is 0.0771. The molecule has 0 aliphatic carbocycles. The van der Waals surface area contributed by atoms with Crippen molar-refractivity contribution >= 4 is 23.2 Å². The lowest BCUT2D eigenvalue weighted by molar-refractivity contribution is 0.0955. The summed E-state index contributed by atoms with van der Waals surface area (Å²) in [5, 5.41) is 3.99. The third kappa shape index (κ3) is 2.86. The molecule has 0 spiro atoms. The van der Waals surface area contributed by atoms with E-state index in [-0.39, 0.29) is 11.6 Å². The van der Waals surface area contributed by atoms with Crippen molar-refractivity contribution in [3.63, 3.8) is 0 Å². The predicted octanol–water partition coefficient (Wildman–Crippen LogP) is 1.95. The number of hydrogen-bond acceptors (Lipinski definition) is 3. The Kier molecular flexibility index (Phi) is 4.04. The number of amides is 1. The number of benzene rings is 2. The number of fused-ring (bicyclic) bond motifs is 1. The zero-order chi connectivity index (χ0) is 17.3. The SMILES string of the molecule is Cc1ccc(C(=O)NN=Cc2ccc3c(c2)n(C)c(=O)n3C)cc1. The molecule has 1 heterocycles. The van der Waals surface area contributed by atoms with E-state index >= 15 is 0 Å². The fraction of sp³-hybridized carbons (Fsp3) is 0.167. The summed E-state index contributed by atoms with van der Waals surface area (Å²) in [5.41, 5.74) is 6.54. The maximum Gasteiger partial charge on any atom is 0.328 e. The Bertz CT molecular complexity index is 994. The topological polar surface area (TPSA) is 68.4 Å². The minimum Gasteiger partial charge on any atom is -0.295 e. The van der Waals surface area contributed by atoms with Crippen molar-refractivity contribution in [2.24, 2.45) is 19.2 Å². The first kappa shape index (κ1) is 15.7. The molecule has 0 unspecified atom stereocenters. The van der Waals surface area contributed by atoms with E-state index in [1.165, 1.54) is 0 Å². The highest BCUT2D eigenvalue weighted by atomic mass is 16.2. The number of nitrogens with zero attached hydrogens (tertiary/aromatic N) is 3. The molecule has 2 aromatic carbocycles. The van der Waals surface area contributed by atoms with Crippen LogP contribution in [0.25, 0.3) is 11.0 Å². The average molecular weight is 322 g/mol. The van der Waals surface area contributed by atoms with Crippen molar-refractivity contribution in [3.8, 4) is 0 Å². The Hall–Kier alpha value is -3.15.